The highest BCUT2D eigenvalue weighted by Crippen LogP contribution is 2.30. The van der Waals surface area contributed by atoms with Crippen LogP contribution < -0.4 is 5.32 Å². The van der Waals surface area contributed by atoms with E-state index in [1.807, 2.05) is 6.07 Å². The zero-order valence-corrected chi connectivity index (χ0v) is 14.8. The number of rotatable bonds is 3. The van der Waals surface area contributed by atoms with E-state index >= 15 is 0 Å². The fourth-order valence-corrected chi connectivity index (χ4v) is 3.07. The Kier molecular flexibility index (Phi) is 4.31. The molecule has 25 heavy (non-hydrogen) atoms. The molecule has 0 bridgehead atoms. The van der Waals surface area contributed by atoms with Gasteiger partial charge in [-0.3, -0.25) is 9.69 Å². The van der Waals surface area contributed by atoms with Gasteiger partial charge in [0, 0.05) is 10.0 Å². The van der Waals surface area contributed by atoms with Crippen molar-refractivity contribution in [2.24, 2.45) is 0 Å². The molecule has 126 valence electrons. The van der Waals surface area contributed by atoms with Crippen molar-refractivity contribution in [3.8, 4) is 6.07 Å². The summed E-state index contributed by atoms with van der Waals surface area (Å²) in [4.78, 5) is 26.1. The molecule has 1 atom stereocenters. The van der Waals surface area contributed by atoms with E-state index in [0.717, 1.165) is 4.90 Å². The molecule has 3 rings (SSSR count). The fraction of sp³-hybridized carbons (Fsp3) is 0.167. The second kappa shape index (κ2) is 6.30. The summed E-state index contributed by atoms with van der Waals surface area (Å²) in [5.41, 5.74) is 0.00834. The largest absolute Gasteiger partial charge is 0.325 e. The maximum absolute atomic E-state index is 14.0. The number of nitrogens with zero attached hydrogens (tertiary/aromatic N) is 2. The van der Waals surface area contributed by atoms with Crippen LogP contribution in [-0.4, -0.2) is 16.8 Å². The molecule has 2 aromatic rings. The maximum Gasteiger partial charge on any atom is 0.325 e. The third-order valence-corrected chi connectivity index (χ3v) is 4.70. The average Bonchev–Trinajstić information content (AvgIpc) is 2.81. The second-order valence-electron chi connectivity index (χ2n) is 5.87. The maximum atomic E-state index is 14.0. The number of halogens is 2. The molecule has 1 fully saturated rings. The summed E-state index contributed by atoms with van der Waals surface area (Å²) in [5.74, 6) is -0.966. The molecule has 3 amide bonds. The van der Waals surface area contributed by atoms with Gasteiger partial charge in [0.1, 0.15) is 11.4 Å². The summed E-state index contributed by atoms with van der Waals surface area (Å²) in [7, 11) is 0. The molecule has 1 N–H and O–H groups in total. The number of nitrogens with one attached hydrogen (secondary N) is 1. The van der Waals surface area contributed by atoms with Gasteiger partial charge in [-0.2, -0.15) is 5.26 Å². The van der Waals surface area contributed by atoms with Gasteiger partial charge in [0.2, 0.25) is 0 Å². The average molecular weight is 402 g/mol. The van der Waals surface area contributed by atoms with E-state index in [9.17, 15) is 14.0 Å². The van der Waals surface area contributed by atoms with Crippen LogP contribution in [0.2, 0.25) is 0 Å². The third kappa shape index (κ3) is 3.01. The lowest BCUT2D eigenvalue weighted by atomic mass is 9.91. The zero-order chi connectivity index (χ0) is 18.2. The van der Waals surface area contributed by atoms with Crippen LogP contribution in [0.25, 0.3) is 0 Å². The lowest BCUT2D eigenvalue weighted by Crippen LogP contribution is -2.40. The Hall–Kier alpha value is -2.72. The molecule has 0 aliphatic carbocycles. The van der Waals surface area contributed by atoms with Crippen molar-refractivity contribution in [3.63, 3.8) is 0 Å². The molecule has 0 aromatic heterocycles. The lowest BCUT2D eigenvalue weighted by Gasteiger charge is -2.22. The van der Waals surface area contributed by atoms with Gasteiger partial charge in [-0.05, 0) is 36.8 Å². The van der Waals surface area contributed by atoms with Crippen LogP contribution in [0.3, 0.4) is 0 Å². The van der Waals surface area contributed by atoms with Crippen molar-refractivity contribution in [1.82, 2.24) is 10.2 Å². The normalized spacial score (nSPS) is 19.7. The summed E-state index contributed by atoms with van der Waals surface area (Å²) in [6.45, 7) is 1.43. The Bertz CT molecular complexity index is 908. The van der Waals surface area contributed by atoms with E-state index in [2.05, 4.69) is 21.2 Å². The Morgan fingerprint density at radius 3 is 2.52 bits per heavy atom. The second-order valence-corrected chi connectivity index (χ2v) is 6.79. The van der Waals surface area contributed by atoms with Crippen molar-refractivity contribution >= 4 is 27.9 Å². The van der Waals surface area contributed by atoms with Crippen LogP contribution in [0, 0.1) is 17.1 Å². The van der Waals surface area contributed by atoms with Crippen LogP contribution in [0.4, 0.5) is 9.18 Å². The van der Waals surface area contributed by atoms with Gasteiger partial charge in [-0.15, -0.1) is 0 Å². The number of hydrogen-bond acceptors (Lipinski definition) is 3. The van der Waals surface area contributed by atoms with Gasteiger partial charge in [0.05, 0.1) is 18.2 Å². The highest BCUT2D eigenvalue weighted by molar-refractivity contribution is 9.10. The van der Waals surface area contributed by atoms with Crippen molar-refractivity contribution in [1.29, 1.82) is 5.26 Å². The van der Waals surface area contributed by atoms with Crippen LogP contribution in [0.15, 0.2) is 46.9 Å². The minimum absolute atomic E-state index is 0.157. The first-order valence-electron chi connectivity index (χ1n) is 7.44. The number of hydrogen-bond donors (Lipinski definition) is 1. The molecule has 0 spiro atoms. The van der Waals surface area contributed by atoms with Crippen molar-refractivity contribution in [2.45, 2.75) is 19.0 Å². The molecular formula is C18H13BrFN3O2. The molecule has 0 radical (unpaired) electrons. The summed E-state index contributed by atoms with van der Waals surface area (Å²) >= 11 is 3.17. The van der Waals surface area contributed by atoms with E-state index in [0.29, 0.717) is 15.6 Å². The molecular weight excluding hydrogens is 389 g/mol. The fourth-order valence-electron chi connectivity index (χ4n) is 2.73. The Balaban J connectivity index is 1.89. The molecule has 1 heterocycles. The number of carbonyl (C=O) groups is 2. The Labute approximate surface area is 152 Å². The van der Waals surface area contributed by atoms with Crippen LogP contribution >= 0.6 is 15.9 Å². The molecule has 7 heteroatoms. The van der Waals surface area contributed by atoms with E-state index in [1.165, 1.54) is 12.1 Å². The first kappa shape index (κ1) is 17.1. The van der Waals surface area contributed by atoms with E-state index < -0.39 is 23.3 Å². The SMILES string of the molecule is CC1(c2ccc(C#N)cc2)NC(=O)N(Cc2ccc(Br)cc2F)C1=O. The van der Waals surface area contributed by atoms with Gasteiger partial charge in [-0.25, -0.2) is 9.18 Å². The predicted octanol–water partition coefficient (Wildman–Crippen LogP) is 3.43. The smallest absolute Gasteiger partial charge is 0.319 e. The van der Waals surface area contributed by atoms with Gasteiger partial charge in [0.15, 0.2) is 0 Å². The van der Waals surface area contributed by atoms with Gasteiger partial charge in [0.25, 0.3) is 5.91 Å². The Morgan fingerprint density at radius 1 is 1.24 bits per heavy atom. The van der Waals surface area contributed by atoms with Crippen LogP contribution in [0.5, 0.6) is 0 Å². The van der Waals surface area contributed by atoms with Gasteiger partial charge >= 0.3 is 6.03 Å². The number of carbonyl (C=O) groups excluding carboxylic acids is 2. The predicted molar refractivity (Wildman–Crippen MR) is 91.7 cm³/mol. The summed E-state index contributed by atoms with van der Waals surface area (Å²) in [5, 5.41) is 11.5. The molecule has 0 saturated carbocycles. The number of amides is 3. The number of nitriles is 1. The van der Waals surface area contributed by atoms with Crippen molar-refractivity contribution in [2.75, 3.05) is 0 Å². The van der Waals surface area contributed by atoms with E-state index in [-0.39, 0.29) is 12.1 Å². The molecule has 1 unspecified atom stereocenters. The van der Waals surface area contributed by atoms with Crippen molar-refractivity contribution in [3.05, 3.63) is 69.4 Å². The first-order chi connectivity index (χ1) is 11.8. The molecule has 1 saturated heterocycles. The highest BCUT2D eigenvalue weighted by atomic mass is 79.9. The minimum Gasteiger partial charge on any atom is -0.319 e. The van der Waals surface area contributed by atoms with Crippen LogP contribution in [-0.2, 0) is 16.9 Å². The molecule has 1 aliphatic heterocycles. The highest BCUT2D eigenvalue weighted by Gasteiger charge is 2.49. The monoisotopic (exact) mass is 401 g/mol. The number of imide groups is 1. The van der Waals surface area contributed by atoms with Crippen molar-refractivity contribution < 1.29 is 14.0 Å². The van der Waals surface area contributed by atoms with Gasteiger partial charge < -0.3 is 5.32 Å². The molecule has 5 nitrogen and oxygen atoms in total. The summed E-state index contributed by atoms with van der Waals surface area (Å²) < 4.78 is 14.6. The molecule has 2 aromatic carbocycles. The van der Waals surface area contributed by atoms with Gasteiger partial charge in [-0.1, -0.05) is 34.1 Å². The standard InChI is InChI=1S/C18H13BrFN3O2/c1-18(13-5-2-11(9-21)3-6-13)16(24)23(17(25)22-18)10-12-4-7-14(19)8-15(12)20/h2-8H,10H2,1H3,(H,22,25). The lowest BCUT2D eigenvalue weighted by molar-refractivity contribution is -0.131. The van der Waals surface area contributed by atoms with E-state index in [1.54, 1.807) is 37.3 Å². The van der Waals surface area contributed by atoms with Crippen LogP contribution in [0.1, 0.15) is 23.6 Å². The summed E-state index contributed by atoms with van der Waals surface area (Å²) in [6, 6.07) is 12.3. The molecule has 1 aliphatic rings. The topological polar surface area (TPSA) is 73.2 Å². The Morgan fingerprint density at radius 2 is 1.92 bits per heavy atom. The summed E-state index contributed by atoms with van der Waals surface area (Å²) in [6.07, 6.45) is 0. The quantitative estimate of drug-likeness (QED) is 0.800. The first-order valence-corrected chi connectivity index (χ1v) is 8.23. The number of benzene rings is 2. The third-order valence-electron chi connectivity index (χ3n) is 4.21. The van der Waals surface area contributed by atoms with E-state index in [4.69, 9.17) is 5.26 Å². The minimum atomic E-state index is -1.25. The number of urea groups is 1. The zero-order valence-electron chi connectivity index (χ0n) is 13.2.